The number of thiazole rings is 1. The maximum atomic E-state index is 13.2. The van der Waals surface area contributed by atoms with Gasteiger partial charge in [0.05, 0.1) is 16.9 Å². The number of aromatic nitrogens is 1. The molecule has 31 heavy (non-hydrogen) atoms. The van der Waals surface area contributed by atoms with Gasteiger partial charge in [-0.25, -0.2) is 4.98 Å². The van der Waals surface area contributed by atoms with Crippen molar-refractivity contribution in [3.05, 3.63) is 76.3 Å². The van der Waals surface area contributed by atoms with Crippen LogP contribution in [0.5, 0.6) is 0 Å². The van der Waals surface area contributed by atoms with E-state index in [4.69, 9.17) is 0 Å². The van der Waals surface area contributed by atoms with Crippen LogP contribution < -0.4 is 4.90 Å². The summed E-state index contributed by atoms with van der Waals surface area (Å²) in [5.41, 5.74) is 2.13. The van der Waals surface area contributed by atoms with Gasteiger partial charge in [0.1, 0.15) is 0 Å². The van der Waals surface area contributed by atoms with Gasteiger partial charge >= 0.3 is 6.18 Å². The standard InChI is InChI=1S/C23H24F3N3OS/c1-4-17-9-6-8-12-21(17)29(16(2)30)22-27-19(15-31-22)14-28(3)13-18-10-5-7-11-20(18)23(24,25)26/h5-12,15H,4,13-14H2,1-3H3. The molecule has 0 radical (unpaired) electrons. The normalized spacial score (nSPS) is 11.7. The summed E-state index contributed by atoms with van der Waals surface area (Å²) in [4.78, 5) is 20.4. The first-order valence-corrected chi connectivity index (χ1v) is 10.7. The first-order valence-electron chi connectivity index (χ1n) is 9.87. The summed E-state index contributed by atoms with van der Waals surface area (Å²) in [6, 6.07) is 13.3. The predicted octanol–water partition coefficient (Wildman–Crippen LogP) is 6.04. The highest BCUT2D eigenvalue weighted by Gasteiger charge is 2.33. The second-order valence-corrected chi connectivity index (χ2v) is 8.12. The second kappa shape index (κ2) is 9.62. The van der Waals surface area contributed by atoms with Crippen molar-refractivity contribution in [3.8, 4) is 0 Å². The number of para-hydroxylation sites is 1. The molecule has 0 aliphatic carbocycles. The molecule has 4 nitrogen and oxygen atoms in total. The van der Waals surface area contributed by atoms with E-state index in [-0.39, 0.29) is 18.0 Å². The zero-order valence-electron chi connectivity index (χ0n) is 17.6. The number of aryl methyl sites for hydroxylation is 1. The molecule has 0 bridgehead atoms. The monoisotopic (exact) mass is 447 g/mol. The maximum absolute atomic E-state index is 13.2. The molecule has 0 saturated heterocycles. The lowest BCUT2D eigenvalue weighted by Crippen LogP contribution is -2.24. The molecular weight excluding hydrogens is 423 g/mol. The summed E-state index contributed by atoms with van der Waals surface area (Å²) in [5.74, 6) is -0.144. The molecule has 0 fully saturated rings. The third-order valence-electron chi connectivity index (χ3n) is 4.85. The molecule has 0 spiro atoms. The summed E-state index contributed by atoms with van der Waals surface area (Å²) >= 11 is 1.34. The first kappa shape index (κ1) is 23.0. The van der Waals surface area contributed by atoms with Crippen LogP contribution in [0.3, 0.4) is 0 Å². The Labute approximate surface area is 184 Å². The Balaban J connectivity index is 1.79. The van der Waals surface area contributed by atoms with Crippen molar-refractivity contribution in [2.24, 2.45) is 0 Å². The topological polar surface area (TPSA) is 36.4 Å². The quantitative estimate of drug-likeness (QED) is 0.443. The molecule has 3 rings (SSSR count). The van der Waals surface area contributed by atoms with Crippen LogP contribution in [0.2, 0.25) is 0 Å². The Hall–Kier alpha value is -2.71. The van der Waals surface area contributed by atoms with E-state index < -0.39 is 11.7 Å². The van der Waals surface area contributed by atoms with E-state index in [0.717, 1.165) is 23.7 Å². The van der Waals surface area contributed by atoms with Gasteiger partial charge < -0.3 is 0 Å². The number of hydrogen-bond donors (Lipinski definition) is 0. The van der Waals surface area contributed by atoms with Gasteiger partial charge in [-0.15, -0.1) is 11.3 Å². The lowest BCUT2D eigenvalue weighted by Gasteiger charge is -2.21. The number of benzene rings is 2. The van der Waals surface area contributed by atoms with Crippen molar-refractivity contribution in [2.45, 2.75) is 39.5 Å². The number of carbonyl (C=O) groups excluding carboxylic acids is 1. The van der Waals surface area contributed by atoms with Crippen LogP contribution in [0, 0.1) is 0 Å². The van der Waals surface area contributed by atoms with Crippen LogP contribution in [0.4, 0.5) is 24.0 Å². The lowest BCUT2D eigenvalue weighted by molar-refractivity contribution is -0.138. The van der Waals surface area contributed by atoms with E-state index in [1.165, 1.54) is 30.4 Å². The van der Waals surface area contributed by atoms with Gasteiger partial charge in [-0.05, 0) is 36.7 Å². The van der Waals surface area contributed by atoms with Crippen molar-refractivity contribution in [1.82, 2.24) is 9.88 Å². The Morgan fingerprint density at radius 3 is 2.32 bits per heavy atom. The second-order valence-electron chi connectivity index (χ2n) is 7.29. The summed E-state index contributed by atoms with van der Waals surface area (Å²) in [7, 11) is 1.75. The van der Waals surface area contributed by atoms with E-state index in [0.29, 0.717) is 17.4 Å². The molecule has 0 N–H and O–H groups in total. The number of hydrogen-bond acceptors (Lipinski definition) is 4. The minimum Gasteiger partial charge on any atom is -0.296 e. The molecule has 1 amide bonds. The molecule has 0 aliphatic heterocycles. The number of carbonyl (C=O) groups is 1. The number of amides is 1. The van der Waals surface area contributed by atoms with Gasteiger partial charge in [0, 0.05) is 25.4 Å². The first-order chi connectivity index (χ1) is 14.7. The van der Waals surface area contributed by atoms with E-state index in [9.17, 15) is 18.0 Å². The highest BCUT2D eigenvalue weighted by molar-refractivity contribution is 7.14. The van der Waals surface area contributed by atoms with Crippen molar-refractivity contribution in [1.29, 1.82) is 0 Å². The molecule has 0 aliphatic rings. The zero-order valence-corrected chi connectivity index (χ0v) is 18.4. The number of nitrogens with zero attached hydrogens (tertiary/aromatic N) is 3. The third kappa shape index (κ3) is 5.51. The predicted molar refractivity (Wildman–Crippen MR) is 117 cm³/mol. The summed E-state index contributed by atoms with van der Waals surface area (Å²) < 4.78 is 39.7. The van der Waals surface area contributed by atoms with Gasteiger partial charge in [0.15, 0.2) is 5.13 Å². The number of rotatable bonds is 7. The van der Waals surface area contributed by atoms with E-state index in [1.807, 2.05) is 36.6 Å². The minimum absolute atomic E-state index is 0.137. The highest BCUT2D eigenvalue weighted by Crippen LogP contribution is 2.34. The largest absolute Gasteiger partial charge is 0.416 e. The fourth-order valence-electron chi connectivity index (χ4n) is 3.46. The van der Waals surface area contributed by atoms with Crippen molar-refractivity contribution in [2.75, 3.05) is 11.9 Å². The Morgan fingerprint density at radius 2 is 1.68 bits per heavy atom. The van der Waals surface area contributed by atoms with Crippen LogP contribution in [0.15, 0.2) is 53.9 Å². The number of anilines is 2. The van der Waals surface area contributed by atoms with Crippen LogP contribution >= 0.6 is 11.3 Å². The third-order valence-corrected chi connectivity index (χ3v) is 5.73. The number of alkyl halides is 3. The molecular formula is C23H24F3N3OS. The van der Waals surface area contributed by atoms with Crippen LogP contribution in [-0.4, -0.2) is 22.8 Å². The van der Waals surface area contributed by atoms with Crippen LogP contribution in [0.1, 0.15) is 36.2 Å². The molecule has 2 aromatic carbocycles. The number of halogens is 3. The van der Waals surface area contributed by atoms with E-state index in [1.54, 1.807) is 22.9 Å². The average Bonchev–Trinajstić information content (AvgIpc) is 3.15. The molecule has 164 valence electrons. The smallest absolute Gasteiger partial charge is 0.296 e. The Kier molecular flexibility index (Phi) is 7.12. The van der Waals surface area contributed by atoms with Gasteiger partial charge in [0.25, 0.3) is 0 Å². The minimum atomic E-state index is -4.39. The highest BCUT2D eigenvalue weighted by atomic mass is 32.1. The summed E-state index contributed by atoms with van der Waals surface area (Å²) in [6.07, 6.45) is -3.61. The van der Waals surface area contributed by atoms with Gasteiger partial charge in [-0.1, -0.05) is 43.3 Å². The van der Waals surface area contributed by atoms with Crippen LogP contribution in [0.25, 0.3) is 0 Å². The fraction of sp³-hybridized carbons (Fsp3) is 0.304. The Morgan fingerprint density at radius 1 is 1.03 bits per heavy atom. The maximum Gasteiger partial charge on any atom is 0.416 e. The zero-order chi connectivity index (χ0) is 22.6. The van der Waals surface area contributed by atoms with E-state index >= 15 is 0 Å². The van der Waals surface area contributed by atoms with Gasteiger partial charge in [-0.2, -0.15) is 13.2 Å². The van der Waals surface area contributed by atoms with Crippen molar-refractivity contribution >= 4 is 28.1 Å². The molecule has 1 heterocycles. The Bertz CT molecular complexity index is 1050. The van der Waals surface area contributed by atoms with E-state index in [2.05, 4.69) is 4.98 Å². The van der Waals surface area contributed by atoms with Crippen molar-refractivity contribution in [3.63, 3.8) is 0 Å². The molecule has 1 aromatic heterocycles. The van der Waals surface area contributed by atoms with Crippen LogP contribution in [-0.2, 0) is 30.5 Å². The molecule has 0 atom stereocenters. The molecule has 3 aromatic rings. The molecule has 0 unspecified atom stereocenters. The SMILES string of the molecule is CCc1ccccc1N(C(C)=O)c1nc(CN(C)Cc2ccccc2C(F)(F)F)cs1. The summed E-state index contributed by atoms with van der Waals surface area (Å²) in [5, 5.41) is 2.39. The lowest BCUT2D eigenvalue weighted by atomic mass is 10.1. The molecule has 0 saturated carbocycles. The average molecular weight is 448 g/mol. The van der Waals surface area contributed by atoms with Crippen molar-refractivity contribution < 1.29 is 18.0 Å². The van der Waals surface area contributed by atoms with Gasteiger partial charge in [-0.3, -0.25) is 14.6 Å². The fourth-order valence-corrected chi connectivity index (χ4v) is 4.34. The van der Waals surface area contributed by atoms with Gasteiger partial charge in [0.2, 0.25) is 5.91 Å². The molecule has 8 heteroatoms. The summed E-state index contributed by atoms with van der Waals surface area (Å²) in [6.45, 7) is 4.02.